The second-order valence-corrected chi connectivity index (χ2v) is 6.34. The molecule has 7 heteroatoms. The summed E-state index contributed by atoms with van der Waals surface area (Å²) < 4.78 is 24.4. The van der Waals surface area contributed by atoms with Crippen LogP contribution in [0.4, 0.5) is 14.9 Å². The van der Waals surface area contributed by atoms with Gasteiger partial charge in [-0.2, -0.15) is 0 Å². The van der Waals surface area contributed by atoms with Gasteiger partial charge in [0, 0.05) is 18.3 Å². The molecule has 1 aliphatic rings. The van der Waals surface area contributed by atoms with Crippen molar-refractivity contribution in [2.24, 2.45) is 0 Å². The Bertz CT molecular complexity index is 869. The number of carbonyl (C=O) groups is 1. The molecule has 2 aromatic carbocycles. The standard InChI is InChI=1S/C20H18ClFN2O3/c1-2-9-26-16-5-3-4-15(12-16)23-20(25)24-8-10-27-19(13-24)14-6-7-18(22)17(21)11-14/h1,3-7,11-12,19H,8-10,13H2,(H,23,25). The number of carbonyl (C=O) groups excluding carboxylic acids is 1. The Morgan fingerprint density at radius 1 is 1.41 bits per heavy atom. The van der Waals surface area contributed by atoms with E-state index in [9.17, 15) is 9.18 Å². The Balaban J connectivity index is 1.64. The second kappa shape index (κ2) is 8.76. The lowest BCUT2D eigenvalue weighted by Crippen LogP contribution is -2.44. The number of benzene rings is 2. The average Bonchev–Trinajstić information content (AvgIpc) is 2.69. The van der Waals surface area contributed by atoms with Gasteiger partial charge in [-0.15, -0.1) is 6.42 Å². The van der Waals surface area contributed by atoms with Gasteiger partial charge in [0.1, 0.15) is 24.3 Å². The number of anilines is 1. The summed E-state index contributed by atoms with van der Waals surface area (Å²) in [5.41, 5.74) is 1.32. The van der Waals surface area contributed by atoms with Crippen molar-refractivity contribution in [1.82, 2.24) is 4.90 Å². The Labute approximate surface area is 162 Å². The normalized spacial score (nSPS) is 16.5. The van der Waals surface area contributed by atoms with Gasteiger partial charge in [0.15, 0.2) is 0 Å². The highest BCUT2D eigenvalue weighted by atomic mass is 35.5. The molecule has 2 amide bonds. The van der Waals surface area contributed by atoms with Crippen LogP contribution in [-0.4, -0.2) is 37.2 Å². The Morgan fingerprint density at radius 3 is 3.04 bits per heavy atom. The number of halogens is 2. The number of hydrogen-bond donors (Lipinski definition) is 1. The first-order valence-corrected chi connectivity index (χ1v) is 8.73. The van der Waals surface area contributed by atoms with Crippen molar-refractivity contribution < 1.29 is 18.7 Å². The molecule has 140 valence electrons. The van der Waals surface area contributed by atoms with Crippen LogP contribution < -0.4 is 10.1 Å². The van der Waals surface area contributed by atoms with E-state index in [1.54, 1.807) is 35.2 Å². The van der Waals surface area contributed by atoms with Crippen molar-refractivity contribution in [3.8, 4) is 18.1 Å². The van der Waals surface area contributed by atoms with Crippen LogP contribution in [0.2, 0.25) is 5.02 Å². The van der Waals surface area contributed by atoms with Crippen LogP contribution in [0.3, 0.4) is 0 Å². The lowest BCUT2D eigenvalue weighted by Gasteiger charge is -2.33. The topological polar surface area (TPSA) is 50.8 Å². The van der Waals surface area contributed by atoms with E-state index in [2.05, 4.69) is 11.2 Å². The molecule has 0 radical (unpaired) electrons. The summed E-state index contributed by atoms with van der Waals surface area (Å²) >= 11 is 5.84. The van der Waals surface area contributed by atoms with Crippen molar-refractivity contribution in [3.63, 3.8) is 0 Å². The summed E-state index contributed by atoms with van der Waals surface area (Å²) in [6, 6.07) is 11.2. The lowest BCUT2D eigenvalue weighted by atomic mass is 10.1. The molecule has 0 bridgehead atoms. The van der Waals surface area contributed by atoms with Gasteiger partial charge in [-0.05, 0) is 29.8 Å². The van der Waals surface area contributed by atoms with Crippen LogP contribution in [0.25, 0.3) is 0 Å². The van der Waals surface area contributed by atoms with E-state index in [0.717, 1.165) is 5.56 Å². The molecule has 1 N–H and O–H groups in total. The second-order valence-electron chi connectivity index (χ2n) is 5.93. The maximum Gasteiger partial charge on any atom is 0.322 e. The summed E-state index contributed by atoms with van der Waals surface area (Å²) in [7, 11) is 0. The molecule has 27 heavy (non-hydrogen) atoms. The summed E-state index contributed by atoms with van der Waals surface area (Å²) in [5.74, 6) is 2.48. The molecule has 0 aromatic heterocycles. The molecule has 5 nitrogen and oxygen atoms in total. The van der Waals surface area contributed by atoms with Gasteiger partial charge in [-0.3, -0.25) is 0 Å². The fraction of sp³-hybridized carbons (Fsp3) is 0.250. The quantitative estimate of drug-likeness (QED) is 0.802. The molecule has 3 rings (SSSR count). The minimum atomic E-state index is -0.488. The molecule has 1 aliphatic heterocycles. The highest BCUT2D eigenvalue weighted by Crippen LogP contribution is 2.26. The van der Waals surface area contributed by atoms with Crippen molar-refractivity contribution in [2.45, 2.75) is 6.10 Å². The van der Waals surface area contributed by atoms with Crippen molar-refractivity contribution in [3.05, 3.63) is 58.9 Å². The third kappa shape index (κ3) is 4.91. The van der Waals surface area contributed by atoms with E-state index in [1.165, 1.54) is 12.1 Å². The first kappa shape index (κ1) is 19.0. The van der Waals surface area contributed by atoms with Crippen LogP contribution in [-0.2, 0) is 4.74 Å². The highest BCUT2D eigenvalue weighted by Gasteiger charge is 2.26. The summed E-state index contributed by atoms with van der Waals surface area (Å²) in [6.07, 6.45) is 4.81. The molecule has 0 saturated carbocycles. The van der Waals surface area contributed by atoms with Crippen LogP contribution in [0.15, 0.2) is 42.5 Å². The Kier molecular flexibility index (Phi) is 6.17. The van der Waals surface area contributed by atoms with Gasteiger partial charge >= 0.3 is 6.03 Å². The fourth-order valence-corrected chi connectivity index (χ4v) is 2.93. The number of hydrogen-bond acceptors (Lipinski definition) is 3. The van der Waals surface area contributed by atoms with Crippen LogP contribution >= 0.6 is 11.6 Å². The first-order chi connectivity index (χ1) is 13.1. The smallest absolute Gasteiger partial charge is 0.322 e. The summed E-state index contributed by atoms with van der Waals surface area (Å²) in [5, 5.41) is 2.86. The van der Waals surface area contributed by atoms with Gasteiger partial charge in [0.2, 0.25) is 0 Å². The van der Waals surface area contributed by atoms with Crippen LogP contribution in [0, 0.1) is 18.2 Å². The monoisotopic (exact) mass is 388 g/mol. The van der Waals surface area contributed by atoms with E-state index in [0.29, 0.717) is 31.1 Å². The number of morpholine rings is 1. The number of nitrogens with zero attached hydrogens (tertiary/aromatic N) is 1. The first-order valence-electron chi connectivity index (χ1n) is 8.35. The lowest BCUT2D eigenvalue weighted by molar-refractivity contribution is -0.0135. The predicted molar refractivity (Wildman–Crippen MR) is 101 cm³/mol. The van der Waals surface area contributed by atoms with Crippen molar-refractivity contribution in [1.29, 1.82) is 0 Å². The minimum Gasteiger partial charge on any atom is -0.481 e. The number of terminal acetylenes is 1. The molecule has 2 aromatic rings. The number of urea groups is 1. The molecular weight excluding hydrogens is 371 g/mol. The predicted octanol–water partition coefficient (Wildman–Crippen LogP) is 4.10. The van der Waals surface area contributed by atoms with Gasteiger partial charge < -0.3 is 19.7 Å². The van der Waals surface area contributed by atoms with Gasteiger partial charge in [-0.25, -0.2) is 9.18 Å². The summed E-state index contributed by atoms with van der Waals surface area (Å²) in [6.45, 7) is 1.31. The third-order valence-electron chi connectivity index (χ3n) is 4.08. The van der Waals surface area contributed by atoms with Crippen LogP contribution in [0.5, 0.6) is 5.75 Å². The molecule has 0 spiro atoms. The SMILES string of the molecule is C#CCOc1cccc(NC(=O)N2CCOC(c3ccc(F)c(Cl)c3)C2)c1. The summed E-state index contributed by atoms with van der Waals surface area (Å²) in [4.78, 5) is 14.2. The maximum atomic E-state index is 13.4. The fourth-order valence-electron chi connectivity index (χ4n) is 2.74. The molecule has 1 heterocycles. The van der Waals surface area contributed by atoms with E-state index in [4.69, 9.17) is 27.5 Å². The zero-order valence-electron chi connectivity index (χ0n) is 14.5. The third-order valence-corrected chi connectivity index (χ3v) is 4.37. The minimum absolute atomic E-state index is 0.0291. The van der Waals surface area contributed by atoms with Crippen LogP contribution in [0.1, 0.15) is 11.7 Å². The molecule has 1 saturated heterocycles. The maximum absolute atomic E-state index is 13.4. The molecular formula is C20H18ClFN2O3. The average molecular weight is 389 g/mol. The number of rotatable bonds is 4. The molecule has 1 fully saturated rings. The Morgan fingerprint density at radius 2 is 2.26 bits per heavy atom. The van der Waals surface area contributed by atoms with Gasteiger partial charge in [0.25, 0.3) is 0 Å². The van der Waals surface area contributed by atoms with Crippen molar-refractivity contribution >= 4 is 23.3 Å². The zero-order valence-corrected chi connectivity index (χ0v) is 15.2. The number of amides is 2. The van der Waals surface area contributed by atoms with E-state index in [1.807, 2.05) is 0 Å². The van der Waals surface area contributed by atoms with Crippen molar-refractivity contribution in [2.75, 3.05) is 31.6 Å². The van der Waals surface area contributed by atoms with E-state index < -0.39 is 5.82 Å². The number of ether oxygens (including phenoxy) is 2. The Hall–Kier alpha value is -2.75. The van der Waals surface area contributed by atoms with E-state index >= 15 is 0 Å². The van der Waals surface area contributed by atoms with E-state index in [-0.39, 0.29) is 23.8 Å². The molecule has 1 atom stereocenters. The van der Waals surface area contributed by atoms with Gasteiger partial charge in [0.05, 0.1) is 18.2 Å². The van der Waals surface area contributed by atoms with Gasteiger partial charge in [-0.1, -0.05) is 29.7 Å². The number of nitrogens with one attached hydrogen (secondary N) is 1. The largest absolute Gasteiger partial charge is 0.481 e. The molecule has 1 unspecified atom stereocenters. The molecule has 0 aliphatic carbocycles. The zero-order chi connectivity index (χ0) is 19.2. The highest BCUT2D eigenvalue weighted by molar-refractivity contribution is 6.30.